The highest BCUT2D eigenvalue weighted by Gasteiger charge is 2.11. The number of benzene rings is 3. The molecule has 1 heterocycles. The van der Waals surface area contributed by atoms with Gasteiger partial charge in [-0.1, -0.05) is 80.1 Å². The smallest absolute Gasteiger partial charge is 0.263 e. The quantitative estimate of drug-likeness (QED) is 0.511. The first-order valence-corrected chi connectivity index (χ1v) is 10.1. The number of fused-ring (bicyclic) bond motifs is 1. The molecule has 0 bridgehead atoms. The summed E-state index contributed by atoms with van der Waals surface area (Å²) in [5.41, 5.74) is 4.31. The molecule has 0 amide bonds. The average Bonchev–Trinajstić information content (AvgIpc) is 2.78. The van der Waals surface area contributed by atoms with Gasteiger partial charge in [-0.05, 0) is 35.2 Å². The van der Waals surface area contributed by atoms with Gasteiger partial charge in [-0.2, -0.15) is 0 Å². The molecular formula is C25H25N3O. The van der Waals surface area contributed by atoms with E-state index in [1.807, 2.05) is 59.2 Å². The summed E-state index contributed by atoms with van der Waals surface area (Å²) in [4.78, 5) is 13.1. The molecule has 0 radical (unpaired) electrons. The molecule has 4 heteroatoms. The standard InChI is InChI=1S/C25H25N3O/c1-2-3-17-27-23-12-8-7-11-22(23)24(29)28(25(27)26)18-19-13-15-21(16-14-19)20-9-5-4-6-10-20/h4-16,26H,2-3,17-18H2,1H3. The van der Waals surface area contributed by atoms with Gasteiger partial charge in [0.2, 0.25) is 5.62 Å². The fourth-order valence-electron chi connectivity index (χ4n) is 3.70. The molecule has 4 aromatic rings. The zero-order valence-electron chi connectivity index (χ0n) is 16.6. The van der Waals surface area contributed by atoms with E-state index in [4.69, 9.17) is 5.41 Å². The maximum Gasteiger partial charge on any atom is 0.263 e. The van der Waals surface area contributed by atoms with Gasteiger partial charge in [0.1, 0.15) is 0 Å². The lowest BCUT2D eigenvalue weighted by atomic mass is 10.0. The SMILES string of the molecule is CCCCn1c(=N)n(Cc2ccc(-c3ccccc3)cc2)c(=O)c2ccccc21. The van der Waals surface area contributed by atoms with Crippen molar-refractivity contribution in [1.29, 1.82) is 5.41 Å². The number of hydrogen-bond donors (Lipinski definition) is 1. The third kappa shape index (κ3) is 3.79. The van der Waals surface area contributed by atoms with Crippen LogP contribution in [-0.2, 0) is 13.1 Å². The van der Waals surface area contributed by atoms with Crippen LogP contribution in [0.3, 0.4) is 0 Å². The van der Waals surface area contributed by atoms with Crippen molar-refractivity contribution in [1.82, 2.24) is 9.13 Å². The van der Waals surface area contributed by atoms with E-state index in [0.29, 0.717) is 11.9 Å². The molecule has 0 aliphatic carbocycles. The number of nitrogens with one attached hydrogen (secondary N) is 1. The van der Waals surface area contributed by atoms with E-state index in [2.05, 4.69) is 31.2 Å². The predicted molar refractivity (Wildman–Crippen MR) is 118 cm³/mol. The van der Waals surface area contributed by atoms with E-state index in [1.54, 1.807) is 4.57 Å². The maximum absolute atomic E-state index is 13.1. The highest BCUT2D eigenvalue weighted by atomic mass is 16.1. The lowest BCUT2D eigenvalue weighted by molar-refractivity contribution is 0.551. The molecule has 0 spiro atoms. The molecule has 1 N–H and O–H groups in total. The lowest BCUT2D eigenvalue weighted by Gasteiger charge is -2.16. The number of aryl methyl sites for hydroxylation is 1. The van der Waals surface area contributed by atoms with Gasteiger partial charge in [0, 0.05) is 6.54 Å². The molecule has 0 aliphatic heterocycles. The lowest BCUT2D eigenvalue weighted by Crippen LogP contribution is -2.40. The zero-order valence-corrected chi connectivity index (χ0v) is 16.6. The minimum Gasteiger partial charge on any atom is -0.312 e. The molecule has 4 nitrogen and oxygen atoms in total. The number of unbranched alkanes of at least 4 members (excludes halogenated alkanes) is 1. The third-order valence-corrected chi connectivity index (χ3v) is 5.32. The van der Waals surface area contributed by atoms with E-state index >= 15 is 0 Å². The zero-order chi connectivity index (χ0) is 20.2. The van der Waals surface area contributed by atoms with Crippen molar-refractivity contribution < 1.29 is 0 Å². The fourth-order valence-corrected chi connectivity index (χ4v) is 3.70. The van der Waals surface area contributed by atoms with Gasteiger partial charge in [0.25, 0.3) is 5.56 Å². The van der Waals surface area contributed by atoms with E-state index in [9.17, 15) is 4.79 Å². The Morgan fingerprint density at radius 1 is 0.793 bits per heavy atom. The Balaban J connectivity index is 1.74. The van der Waals surface area contributed by atoms with Crippen LogP contribution >= 0.6 is 0 Å². The summed E-state index contributed by atoms with van der Waals surface area (Å²) in [6.07, 6.45) is 2.02. The Morgan fingerprint density at radius 3 is 2.17 bits per heavy atom. The molecule has 0 saturated carbocycles. The first-order valence-electron chi connectivity index (χ1n) is 10.1. The van der Waals surface area contributed by atoms with Crippen molar-refractivity contribution in [3.05, 3.63) is 100 Å². The van der Waals surface area contributed by atoms with Crippen molar-refractivity contribution in [2.75, 3.05) is 0 Å². The highest BCUT2D eigenvalue weighted by molar-refractivity contribution is 5.77. The second kappa shape index (κ2) is 8.31. The first kappa shape index (κ1) is 18.9. The number of hydrogen-bond acceptors (Lipinski definition) is 2. The molecule has 0 unspecified atom stereocenters. The van der Waals surface area contributed by atoms with Crippen LogP contribution in [0.5, 0.6) is 0 Å². The van der Waals surface area contributed by atoms with Gasteiger partial charge in [-0.3, -0.25) is 14.8 Å². The molecule has 3 aromatic carbocycles. The van der Waals surface area contributed by atoms with Gasteiger partial charge < -0.3 is 4.57 Å². The minimum absolute atomic E-state index is 0.106. The second-order valence-corrected chi connectivity index (χ2v) is 7.30. The molecule has 4 rings (SSSR count). The Hall–Kier alpha value is -3.40. The summed E-state index contributed by atoms with van der Waals surface area (Å²) in [7, 11) is 0. The normalized spacial score (nSPS) is 11.1. The van der Waals surface area contributed by atoms with Crippen LogP contribution in [0.15, 0.2) is 83.7 Å². The monoisotopic (exact) mass is 383 g/mol. The third-order valence-electron chi connectivity index (χ3n) is 5.32. The van der Waals surface area contributed by atoms with Crippen molar-refractivity contribution in [2.45, 2.75) is 32.9 Å². The Kier molecular flexibility index (Phi) is 5.43. The molecule has 29 heavy (non-hydrogen) atoms. The predicted octanol–water partition coefficient (Wildman–Crippen LogP) is 4.80. The van der Waals surface area contributed by atoms with Gasteiger partial charge in [0.05, 0.1) is 17.4 Å². The van der Waals surface area contributed by atoms with E-state index in [1.165, 1.54) is 5.56 Å². The van der Waals surface area contributed by atoms with Gasteiger partial charge in [0.15, 0.2) is 0 Å². The summed E-state index contributed by atoms with van der Waals surface area (Å²) in [6.45, 7) is 3.27. The molecule has 0 aliphatic rings. The molecule has 0 fully saturated rings. The maximum atomic E-state index is 13.1. The summed E-state index contributed by atoms with van der Waals surface area (Å²) >= 11 is 0. The number of rotatable bonds is 6. The Morgan fingerprint density at radius 2 is 1.45 bits per heavy atom. The van der Waals surface area contributed by atoms with Gasteiger partial charge >= 0.3 is 0 Å². The first-order chi connectivity index (χ1) is 14.2. The van der Waals surface area contributed by atoms with Crippen molar-refractivity contribution >= 4 is 10.9 Å². The van der Waals surface area contributed by atoms with E-state index < -0.39 is 0 Å². The summed E-state index contributed by atoms with van der Waals surface area (Å²) in [5.74, 6) is 0. The van der Waals surface area contributed by atoms with Crippen LogP contribution in [0.25, 0.3) is 22.0 Å². The Bertz CT molecular complexity index is 1240. The van der Waals surface area contributed by atoms with E-state index in [-0.39, 0.29) is 11.2 Å². The average molecular weight is 383 g/mol. The van der Waals surface area contributed by atoms with Crippen LogP contribution in [-0.4, -0.2) is 9.13 Å². The molecule has 146 valence electrons. The minimum atomic E-state index is -0.106. The van der Waals surface area contributed by atoms with Crippen molar-refractivity contribution in [3.8, 4) is 11.1 Å². The van der Waals surface area contributed by atoms with Crippen LogP contribution in [0.4, 0.5) is 0 Å². The van der Waals surface area contributed by atoms with E-state index in [0.717, 1.165) is 36.0 Å². The van der Waals surface area contributed by atoms with Crippen LogP contribution < -0.4 is 11.2 Å². The van der Waals surface area contributed by atoms with Gasteiger partial charge in [-0.15, -0.1) is 0 Å². The van der Waals surface area contributed by atoms with Crippen LogP contribution in [0.2, 0.25) is 0 Å². The number of para-hydroxylation sites is 1. The second-order valence-electron chi connectivity index (χ2n) is 7.30. The molecular weight excluding hydrogens is 358 g/mol. The topological polar surface area (TPSA) is 50.8 Å². The molecule has 0 atom stereocenters. The van der Waals surface area contributed by atoms with Crippen molar-refractivity contribution in [2.24, 2.45) is 0 Å². The summed E-state index contributed by atoms with van der Waals surface area (Å²) in [6, 6.07) is 26.1. The van der Waals surface area contributed by atoms with Crippen molar-refractivity contribution in [3.63, 3.8) is 0 Å². The van der Waals surface area contributed by atoms with Gasteiger partial charge in [-0.25, -0.2) is 0 Å². The number of nitrogens with zero attached hydrogens (tertiary/aromatic N) is 2. The van der Waals surface area contributed by atoms with Crippen LogP contribution in [0.1, 0.15) is 25.3 Å². The summed E-state index contributed by atoms with van der Waals surface area (Å²) in [5, 5.41) is 9.37. The molecule has 0 saturated heterocycles. The summed E-state index contributed by atoms with van der Waals surface area (Å²) < 4.78 is 3.54. The molecule has 1 aromatic heterocycles. The Labute approximate surface area is 170 Å². The largest absolute Gasteiger partial charge is 0.312 e. The highest BCUT2D eigenvalue weighted by Crippen LogP contribution is 2.19. The van der Waals surface area contributed by atoms with Crippen LogP contribution in [0, 0.1) is 5.41 Å². The number of aromatic nitrogens is 2. The fraction of sp³-hybridized carbons (Fsp3) is 0.200.